The monoisotopic (exact) mass is 260 g/mol. The largest absolute Gasteiger partial charge is 0.370 e. The van der Waals surface area contributed by atoms with Crippen LogP contribution in [-0.4, -0.2) is 18.0 Å². The first-order chi connectivity index (χ1) is 9.19. The van der Waals surface area contributed by atoms with Crippen LogP contribution in [-0.2, 0) is 9.53 Å². The van der Waals surface area contributed by atoms with Gasteiger partial charge in [0.25, 0.3) is 0 Å². The molecule has 0 spiro atoms. The van der Waals surface area contributed by atoms with Crippen molar-refractivity contribution in [1.82, 2.24) is 0 Å². The molecule has 1 aromatic rings. The molecule has 0 aliphatic carbocycles. The molecule has 1 saturated heterocycles. The maximum atomic E-state index is 13.0. The molecule has 0 radical (unpaired) electrons. The molecule has 2 nitrogen and oxygen atoms in total. The van der Waals surface area contributed by atoms with Crippen molar-refractivity contribution in [1.29, 1.82) is 0 Å². The van der Waals surface area contributed by atoms with E-state index in [4.69, 9.17) is 4.74 Å². The Kier molecular flexibility index (Phi) is 3.23. The third kappa shape index (κ3) is 2.23. The highest BCUT2D eigenvalue weighted by Crippen LogP contribution is 2.41. The van der Waals surface area contributed by atoms with Gasteiger partial charge in [-0.2, -0.15) is 0 Å². The Bertz CT molecular complexity index is 530. The van der Waals surface area contributed by atoms with E-state index in [1.165, 1.54) is 12.1 Å². The molecule has 1 unspecified atom stereocenters. The van der Waals surface area contributed by atoms with Crippen LogP contribution in [0.15, 0.2) is 29.8 Å². The number of Topliss-reactive ketones (excluding diaryl/α,β-unsaturated/α-hetero) is 1. The predicted molar refractivity (Wildman–Crippen MR) is 71.1 cm³/mol. The van der Waals surface area contributed by atoms with E-state index in [1.54, 1.807) is 12.1 Å². The normalized spacial score (nSPS) is 25.8. The topological polar surface area (TPSA) is 26.3 Å². The lowest BCUT2D eigenvalue weighted by Crippen LogP contribution is -2.25. The predicted octanol–water partition coefficient (Wildman–Crippen LogP) is 3.51. The van der Waals surface area contributed by atoms with Crippen LogP contribution in [0.5, 0.6) is 0 Å². The summed E-state index contributed by atoms with van der Waals surface area (Å²) in [7, 11) is 0. The number of benzene rings is 1. The molecule has 0 aromatic heterocycles. The highest BCUT2D eigenvalue weighted by atomic mass is 19.1. The van der Waals surface area contributed by atoms with Gasteiger partial charge in [0, 0.05) is 12.0 Å². The third-order valence-corrected chi connectivity index (χ3v) is 4.00. The van der Waals surface area contributed by atoms with Crippen LogP contribution >= 0.6 is 0 Å². The molecule has 100 valence electrons. The van der Waals surface area contributed by atoms with Crippen LogP contribution in [0.25, 0.3) is 5.57 Å². The van der Waals surface area contributed by atoms with Crippen molar-refractivity contribution < 1.29 is 13.9 Å². The van der Waals surface area contributed by atoms with Crippen molar-refractivity contribution in [3.05, 3.63) is 41.2 Å². The van der Waals surface area contributed by atoms with Gasteiger partial charge in [0.1, 0.15) is 5.82 Å². The van der Waals surface area contributed by atoms with Crippen molar-refractivity contribution in [2.24, 2.45) is 0 Å². The Morgan fingerprint density at radius 1 is 1.32 bits per heavy atom. The molecule has 3 rings (SSSR count). The van der Waals surface area contributed by atoms with Crippen molar-refractivity contribution in [3.63, 3.8) is 0 Å². The van der Waals surface area contributed by atoms with E-state index in [1.807, 2.05) is 6.92 Å². The van der Waals surface area contributed by atoms with Crippen molar-refractivity contribution in [2.45, 2.75) is 44.8 Å². The van der Waals surface area contributed by atoms with Gasteiger partial charge in [-0.1, -0.05) is 19.1 Å². The lowest BCUT2D eigenvalue weighted by molar-refractivity contribution is -0.116. The quantitative estimate of drug-likeness (QED) is 0.831. The molecule has 1 fully saturated rings. The second-order valence-corrected chi connectivity index (χ2v) is 5.20. The van der Waals surface area contributed by atoms with E-state index in [0.717, 1.165) is 36.0 Å². The summed E-state index contributed by atoms with van der Waals surface area (Å²) < 4.78 is 18.9. The molecule has 0 amide bonds. The Balaban J connectivity index is 2.07. The number of hydrogen-bond donors (Lipinski definition) is 0. The summed E-state index contributed by atoms with van der Waals surface area (Å²) in [6, 6.07) is 6.43. The van der Waals surface area contributed by atoms with Crippen LogP contribution in [0.3, 0.4) is 0 Å². The Morgan fingerprint density at radius 3 is 2.74 bits per heavy atom. The number of fused-ring (bicyclic) bond motifs is 2. The molecule has 2 bridgehead atoms. The molecular weight excluding hydrogens is 243 g/mol. The molecule has 0 saturated carbocycles. The zero-order valence-corrected chi connectivity index (χ0v) is 11.0. The van der Waals surface area contributed by atoms with Crippen molar-refractivity contribution in [2.75, 3.05) is 0 Å². The van der Waals surface area contributed by atoms with Crippen LogP contribution in [0, 0.1) is 5.82 Å². The maximum absolute atomic E-state index is 13.0. The number of carbonyl (C=O) groups excluding carboxylic acids is 1. The summed E-state index contributed by atoms with van der Waals surface area (Å²) in [5.41, 5.74) is 2.84. The van der Waals surface area contributed by atoms with Gasteiger partial charge in [-0.05, 0) is 42.5 Å². The minimum absolute atomic E-state index is 0.0498. The zero-order valence-electron chi connectivity index (χ0n) is 11.0. The summed E-state index contributed by atoms with van der Waals surface area (Å²) >= 11 is 0. The smallest absolute Gasteiger partial charge is 0.161 e. The summed E-state index contributed by atoms with van der Waals surface area (Å²) in [4.78, 5) is 12.2. The Hall–Kier alpha value is -1.48. The van der Waals surface area contributed by atoms with E-state index < -0.39 is 0 Å². The van der Waals surface area contributed by atoms with Crippen molar-refractivity contribution >= 4 is 11.4 Å². The van der Waals surface area contributed by atoms with E-state index in [-0.39, 0.29) is 23.8 Å². The molecule has 0 N–H and O–H groups in total. The van der Waals surface area contributed by atoms with E-state index in [0.29, 0.717) is 6.42 Å². The second kappa shape index (κ2) is 4.89. The molecule has 2 heterocycles. The summed E-state index contributed by atoms with van der Waals surface area (Å²) in [6.45, 7) is 1.87. The second-order valence-electron chi connectivity index (χ2n) is 5.20. The van der Waals surface area contributed by atoms with Crippen LogP contribution in [0.4, 0.5) is 4.39 Å². The molecule has 1 aromatic carbocycles. The number of ketones is 1. The van der Waals surface area contributed by atoms with Gasteiger partial charge in [0.15, 0.2) is 5.78 Å². The molecule has 19 heavy (non-hydrogen) atoms. The molecule has 2 atom stereocenters. The highest BCUT2D eigenvalue weighted by Gasteiger charge is 2.38. The van der Waals surface area contributed by atoms with Gasteiger partial charge < -0.3 is 4.74 Å². The highest BCUT2D eigenvalue weighted by molar-refractivity contribution is 6.04. The van der Waals surface area contributed by atoms with Gasteiger partial charge >= 0.3 is 0 Å². The Morgan fingerprint density at radius 2 is 2.05 bits per heavy atom. The fraction of sp³-hybridized carbons (Fsp3) is 0.438. The van der Waals surface area contributed by atoms with E-state index in [9.17, 15) is 9.18 Å². The lowest BCUT2D eigenvalue weighted by atomic mass is 9.89. The van der Waals surface area contributed by atoms with E-state index in [2.05, 4.69) is 0 Å². The third-order valence-electron chi connectivity index (χ3n) is 4.00. The number of rotatable bonds is 3. The van der Waals surface area contributed by atoms with Gasteiger partial charge in [0.05, 0.1) is 12.2 Å². The molecule has 2 aliphatic rings. The number of carbonyl (C=O) groups is 1. The number of ether oxygens (including phenoxy) is 1. The first kappa shape index (κ1) is 12.5. The fourth-order valence-corrected chi connectivity index (χ4v) is 3.06. The minimum Gasteiger partial charge on any atom is -0.370 e. The fourth-order valence-electron chi connectivity index (χ4n) is 3.06. The first-order valence-electron chi connectivity index (χ1n) is 6.86. The molecular formula is C16H17FO2. The van der Waals surface area contributed by atoms with Gasteiger partial charge in [-0.25, -0.2) is 4.39 Å². The number of hydrogen-bond acceptors (Lipinski definition) is 2. The van der Waals surface area contributed by atoms with Gasteiger partial charge in [-0.15, -0.1) is 0 Å². The SMILES string of the molecule is CCC(=O)C1=C(c2ccc(F)cc2)CC2CC[C@@H]1O2. The first-order valence-corrected chi connectivity index (χ1v) is 6.86. The standard InChI is InChI=1S/C16H17FO2/c1-2-14(18)16-13(9-12-7-8-15(16)19-12)10-3-5-11(17)6-4-10/h3-6,12,15H,2,7-9H2,1H3/t12?,15-/m0/s1. The zero-order chi connectivity index (χ0) is 13.4. The maximum Gasteiger partial charge on any atom is 0.161 e. The molecule has 3 heteroatoms. The Labute approximate surface area is 112 Å². The van der Waals surface area contributed by atoms with Crippen LogP contribution in [0.1, 0.15) is 38.2 Å². The summed E-state index contributed by atoms with van der Waals surface area (Å²) in [5.74, 6) is -0.0903. The molecule has 2 aliphatic heterocycles. The summed E-state index contributed by atoms with van der Waals surface area (Å²) in [6.07, 6.45) is 3.37. The van der Waals surface area contributed by atoms with Gasteiger partial charge in [0.2, 0.25) is 0 Å². The average Bonchev–Trinajstić information content (AvgIpc) is 2.80. The van der Waals surface area contributed by atoms with Crippen LogP contribution < -0.4 is 0 Å². The average molecular weight is 260 g/mol. The number of halogens is 1. The van der Waals surface area contributed by atoms with E-state index >= 15 is 0 Å². The van der Waals surface area contributed by atoms with Crippen LogP contribution in [0.2, 0.25) is 0 Å². The van der Waals surface area contributed by atoms with Gasteiger partial charge in [-0.3, -0.25) is 4.79 Å². The minimum atomic E-state index is -0.247. The summed E-state index contributed by atoms with van der Waals surface area (Å²) in [5, 5.41) is 0. The lowest BCUT2D eigenvalue weighted by Gasteiger charge is -2.26. The van der Waals surface area contributed by atoms with Crippen molar-refractivity contribution in [3.8, 4) is 0 Å².